The van der Waals surface area contributed by atoms with Crippen molar-refractivity contribution in [2.24, 2.45) is 0 Å². The van der Waals surface area contributed by atoms with Crippen molar-refractivity contribution in [3.8, 4) is 17.6 Å². The maximum absolute atomic E-state index is 11.9. The van der Waals surface area contributed by atoms with Crippen molar-refractivity contribution >= 4 is 17.7 Å². The predicted octanol–water partition coefficient (Wildman–Crippen LogP) is 2.19. The van der Waals surface area contributed by atoms with Gasteiger partial charge in [-0.25, -0.2) is 0 Å². The maximum atomic E-state index is 11.9. The van der Waals surface area contributed by atoms with Crippen LogP contribution in [0.4, 0.5) is 0 Å². The highest BCUT2D eigenvalue weighted by atomic mass is 32.2. The average Bonchev–Trinajstić information content (AvgIpc) is 2.85. The third-order valence-corrected chi connectivity index (χ3v) is 4.38. The average molecular weight is 292 g/mol. The Kier molecular flexibility index (Phi) is 4.74. The van der Waals surface area contributed by atoms with E-state index in [0.717, 1.165) is 5.56 Å². The Balaban J connectivity index is 2.26. The summed E-state index contributed by atoms with van der Waals surface area (Å²) < 4.78 is 10.5. The molecule has 2 rings (SSSR count). The van der Waals surface area contributed by atoms with Crippen molar-refractivity contribution in [2.75, 3.05) is 26.5 Å². The fourth-order valence-corrected chi connectivity index (χ4v) is 3.36. The normalized spacial score (nSPS) is 17.9. The number of amides is 1. The van der Waals surface area contributed by atoms with Crippen LogP contribution in [0.2, 0.25) is 0 Å². The topological polar surface area (TPSA) is 62.6 Å². The molecule has 0 radical (unpaired) electrons. The van der Waals surface area contributed by atoms with E-state index in [0.29, 0.717) is 30.2 Å². The van der Waals surface area contributed by atoms with Gasteiger partial charge in [0.25, 0.3) is 0 Å². The summed E-state index contributed by atoms with van der Waals surface area (Å²) in [5, 5.41) is 8.63. The number of nitrogens with zero attached hydrogens (tertiary/aromatic N) is 2. The first-order valence-corrected chi connectivity index (χ1v) is 7.26. The molecule has 1 aliphatic heterocycles. The number of carbonyl (C=O) groups excluding carboxylic acids is 1. The van der Waals surface area contributed by atoms with E-state index in [9.17, 15) is 4.79 Å². The number of ether oxygens (including phenoxy) is 2. The number of rotatable bonds is 5. The van der Waals surface area contributed by atoms with E-state index < -0.39 is 0 Å². The second-order valence-corrected chi connectivity index (χ2v) is 5.34. The number of nitriles is 1. The van der Waals surface area contributed by atoms with Crippen LogP contribution in [0.3, 0.4) is 0 Å². The van der Waals surface area contributed by atoms with Crippen molar-refractivity contribution in [3.63, 3.8) is 0 Å². The fraction of sp³-hybridized carbons (Fsp3) is 0.429. The highest BCUT2D eigenvalue weighted by Crippen LogP contribution is 2.41. The number of hydrogen-bond acceptors (Lipinski definition) is 5. The highest BCUT2D eigenvalue weighted by molar-refractivity contribution is 8.00. The van der Waals surface area contributed by atoms with Gasteiger partial charge in [-0.1, -0.05) is 6.07 Å². The van der Waals surface area contributed by atoms with Crippen LogP contribution in [-0.4, -0.2) is 37.3 Å². The van der Waals surface area contributed by atoms with Gasteiger partial charge in [-0.3, -0.25) is 4.79 Å². The molecule has 1 aromatic rings. The SMILES string of the molecule is COc1ccc(C2SCC(=O)N2CCC#N)cc1OC. The lowest BCUT2D eigenvalue weighted by atomic mass is 10.1. The largest absolute Gasteiger partial charge is 0.493 e. The third-order valence-electron chi connectivity index (χ3n) is 3.13. The fourth-order valence-electron chi connectivity index (χ4n) is 2.15. The number of thioether (sulfide) groups is 1. The number of benzene rings is 1. The maximum Gasteiger partial charge on any atom is 0.233 e. The monoisotopic (exact) mass is 292 g/mol. The minimum atomic E-state index is -0.0596. The van der Waals surface area contributed by atoms with Gasteiger partial charge in [0.15, 0.2) is 11.5 Å². The quantitative estimate of drug-likeness (QED) is 0.832. The van der Waals surface area contributed by atoms with Gasteiger partial charge >= 0.3 is 0 Å². The lowest BCUT2D eigenvalue weighted by Crippen LogP contribution is -2.29. The molecule has 5 nitrogen and oxygen atoms in total. The van der Waals surface area contributed by atoms with Crippen LogP contribution in [0.5, 0.6) is 11.5 Å². The van der Waals surface area contributed by atoms with E-state index in [1.165, 1.54) is 0 Å². The van der Waals surface area contributed by atoms with Gasteiger partial charge in [0.2, 0.25) is 5.91 Å². The summed E-state index contributed by atoms with van der Waals surface area (Å²) in [5.41, 5.74) is 0.983. The summed E-state index contributed by atoms with van der Waals surface area (Å²) in [7, 11) is 3.17. The number of hydrogen-bond donors (Lipinski definition) is 0. The van der Waals surface area contributed by atoms with Gasteiger partial charge in [-0.15, -0.1) is 11.8 Å². The standard InChI is InChI=1S/C14H16N2O3S/c1-18-11-5-4-10(8-12(11)19-2)14-16(7-3-6-15)13(17)9-20-14/h4-5,8,14H,3,7,9H2,1-2H3. The molecule has 6 heteroatoms. The molecule has 0 saturated carbocycles. The van der Waals surface area contributed by atoms with E-state index in [1.54, 1.807) is 30.9 Å². The second-order valence-electron chi connectivity index (χ2n) is 4.27. The van der Waals surface area contributed by atoms with Crippen LogP contribution < -0.4 is 9.47 Å². The van der Waals surface area contributed by atoms with Gasteiger partial charge in [-0.05, 0) is 17.7 Å². The highest BCUT2D eigenvalue weighted by Gasteiger charge is 2.32. The summed E-state index contributed by atoms with van der Waals surface area (Å²) in [6, 6.07) is 7.72. The van der Waals surface area contributed by atoms with Crippen LogP contribution in [0.1, 0.15) is 17.4 Å². The zero-order chi connectivity index (χ0) is 14.5. The van der Waals surface area contributed by atoms with Crippen molar-refractivity contribution in [3.05, 3.63) is 23.8 Å². The number of carbonyl (C=O) groups is 1. The molecule has 1 amide bonds. The molecule has 0 spiro atoms. The third kappa shape index (κ3) is 2.83. The Bertz CT molecular complexity index is 542. The number of methoxy groups -OCH3 is 2. The molecule has 0 N–H and O–H groups in total. The summed E-state index contributed by atoms with van der Waals surface area (Å²) >= 11 is 1.57. The van der Waals surface area contributed by atoms with Crippen molar-refractivity contribution in [1.29, 1.82) is 5.26 Å². The first-order valence-electron chi connectivity index (χ1n) is 6.21. The first kappa shape index (κ1) is 14.5. The van der Waals surface area contributed by atoms with Crippen molar-refractivity contribution in [2.45, 2.75) is 11.8 Å². The molecule has 0 aromatic heterocycles. The first-order chi connectivity index (χ1) is 9.71. The predicted molar refractivity (Wildman–Crippen MR) is 76.7 cm³/mol. The van der Waals surface area contributed by atoms with Gasteiger partial charge in [0.05, 0.1) is 32.5 Å². The van der Waals surface area contributed by atoms with Crippen LogP contribution in [-0.2, 0) is 4.79 Å². The van der Waals surface area contributed by atoms with Crippen LogP contribution in [0, 0.1) is 11.3 Å². The Morgan fingerprint density at radius 2 is 2.15 bits per heavy atom. The summed E-state index contributed by atoms with van der Waals surface area (Å²) in [4.78, 5) is 13.6. The minimum Gasteiger partial charge on any atom is -0.493 e. The molecule has 0 bridgehead atoms. The molecule has 0 aliphatic carbocycles. The zero-order valence-electron chi connectivity index (χ0n) is 11.5. The zero-order valence-corrected chi connectivity index (χ0v) is 12.3. The van der Waals surface area contributed by atoms with Gasteiger partial charge in [0.1, 0.15) is 5.37 Å². The van der Waals surface area contributed by atoms with E-state index in [1.807, 2.05) is 18.2 Å². The molecule has 20 heavy (non-hydrogen) atoms. The van der Waals surface area contributed by atoms with E-state index in [-0.39, 0.29) is 11.3 Å². The van der Waals surface area contributed by atoms with Gasteiger partial charge in [-0.2, -0.15) is 5.26 Å². The Labute approximate surface area is 122 Å². The Morgan fingerprint density at radius 1 is 1.40 bits per heavy atom. The van der Waals surface area contributed by atoms with Crippen LogP contribution in [0.15, 0.2) is 18.2 Å². The molecule has 106 valence electrons. The van der Waals surface area contributed by atoms with Crippen molar-refractivity contribution < 1.29 is 14.3 Å². The summed E-state index contributed by atoms with van der Waals surface area (Å²) in [6.45, 7) is 0.460. The minimum absolute atomic E-state index is 0.0596. The lowest BCUT2D eigenvalue weighted by molar-refractivity contribution is -0.127. The molecule has 1 unspecified atom stereocenters. The molecule has 1 aliphatic rings. The Hall–Kier alpha value is -1.87. The Morgan fingerprint density at radius 3 is 2.80 bits per heavy atom. The second kappa shape index (κ2) is 6.53. The lowest BCUT2D eigenvalue weighted by Gasteiger charge is -2.23. The van der Waals surface area contributed by atoms with E-state index >= 15 is 0 Å². The van der Waals surface area contributed by atoms with E-state index in [2.05, 4.69) is 6.07 Å². The molecule has 1 fully saturated rings. The summed E-state index contributed by atoms with van der Waals surface area (Å²) in [5.74, 6) is 1.83. The van der Waals surface area contributed by atoms with Crippen LogP contribution in [0.25, 0.3) is 0 Å². The molecular formula is C14H16N2O3S. The van der Waals surface area contributed by atoms with Gasteiger partial charge in [0, 0.05) is 6.54 Å². The summed E-state index contributed by atoms with van der Waals surface area (Å²) in [6.07, 6.45) is 0.343. The van der Waals surface area contributed by atoms with Gasteiger partial charge < -0.3 is 14.4 Å². The molecule has 1 aromatic carbocycles. The van der Waals surface area contributed by atoms with Crippen LogP contribution >= 0.6 is 11.8 Å². The van der Waals surface area contributed by atoms with E-state index in [4.69, 9.17) is 14.7 Å². The van der Waals surface area contributed by atoms with Crippen molar-refractivity contribution in [1.82, 2.24) is 4.90 Å². The molecule has 1 atom stereocenters. The molecular weight excluding hydrogens is 276 g/mol. The smallest absolute Gasteiger partial charge is 0.233 e. The molecule has 1 saturated heterocycles. The molecule has 1 heterocycles.